The molecule has 96 valence electrons. The summed E-state index contributed by atoms with van der Waals surface area (Å²) < 4.78 is 0. The number of aldehydes is 1. The summed E-state index contributed by atoms with van der Waals surface area (Å²) in [7, 11) is 0. The first-order chi connectivity index (χ1) is 8.02. The highest BCUT2D eigenvalue weighted by Crippen LogP contribution is 2.65. The lowest BCUT2D eigenvalue weighted by Crippen LogP contribution is -2.51. The Balaban J connectivity index is 2.17. The molecule has 0 radical (unpaired) electrons. The first kappa shape index (κ1) is 12.8. The highest BCUT2D eigenvalue weighted by Gasteiger charge is 2.58. The Morgan fingerprint density at radius 2 is 2.12 bits per heavy atom. The van der Waals surface area contributed by atoms with E-state index in [0.29, 0.717) is 17.8 Å². The smallest absolute Gasteiger partial charge is 0.145 e. The lowest BCUT2D eigenvalue weighted by Gasteiger charge is -2.56. The van der Waals surface area contributed by atoms with Crippen molar-refractivity contribution in [1.82, 2.24) is 0 Å². The Labute approximate surface area is 104 Å². The van der Waals surface area contributed by atoms with Crippen LogP contribution in [0.25, 0.3) is 0 Å². The minimum absolute atomic E-state index is 0.0708. The van der Waals surface area contributed by atoms with Gasteiger partial charge in [0.25, 0.3) is 0 Å². The van der Waals surface area contributed by atoms with E-state index in [2.05, 4.69) is 26.8 Å². The number of allylic oxidation sites excluding steroid dienone is 1. The third kappa shape index (κ3) is 1.97. The first-order valence-corrected chi connectivity index (χ1v) is 6.79. The van der Waals surface area contributed by atoms with E-state index in [-0.39, 0.29) is 6.61 Å². The molecule has 2 fully saturated rings. The van der Waals surface area contributed by atoms with E-state index in [1.807, 2.05) is 0 Å². The van der Waals surface area contributed by atoms with Crippen LogP contribution in [-0.4, -0.2) is 18.0 Å². The molecule has 0 amide bonds. The van der Waals surface area contributed by atoms with Gasteiger partial charge in [-0.05, 0) is 47.5 Å². The molecule has 0 aliphatic heterocycles. The predicted molar refractivity (Wildman–Crippen MR) is 68.5 cm³/mol. The molecule has 1 unspecified atom stereocenters. The van der Waals surface area contributed by atoms with Crippen LogP contribution in [0.3, 0.4) is 0 Å². The van der Waals surface area contributed by atoms with Crippen LogP contribution in [-0.2, 0) is 4.79 Å². The second-order valence-electron chi connectivity index (χ2n) is 6.42. The van der Waals surface area contributed by atoms with Crippen molar-refractivity contribution in [1.29, 1.82) is 0 Å². The molecule has 0 saturated heterocycles. The molecule has 2 aliphatic rings. The van der Waals surface area contributed by atoms with Gasteiger partial charge in [0, 0.05) is 6.61 Å². The number of aliphatic hydroxyl groups is 1. The average molecular weight is 236 g/mol. The minimum atomic E-state index is 0.0708. The van der Waals surface area contributed by atoms with Crippen LogP contribution in [0.15, 0.2) is 11.6 Å². The van der Waals surface area contributed by atoms with Crippen molar-refractivity contribution in [3.63, 3.8) is 0 Å². The zero-order valence-electron chi connectivity index (χ0n) is 11.1. The van der Waals surface area contributed by atoms with Crippen molar-refractivity contribution in [2.75, 3.05) is 6.61 Å². The van der Waals surface area contributed by atoms with Crippen LogP contribution >= 0.6 is 0 Å². The van der Waals surface area contributed by atoms with Crippen LogP contribution in [0.5, 0.6) is 0 Å². The maximum atomic E-state index is 11.0. The molecule has 0 aromatic rings. The fourth-order valence-corrected chi connectivity index (χ4v) is 4.19. The zero-order chi connectivity index (χ0) is 12.6. The second-order valence-corrected chi connectivity index (χ2v) is 6.42. The largest absolute Gasteiger partial charge is 0.396 e. The summed E-state index contributed by atoms with van der Waals surface area (Å²) in [6.45, 7) is 7.07. The van der Waals surface area contributed by atoms with Gasteiger partial charge in [-0.25, -0.2) is 0 Å². The highest BCUT2D eigenvalue weighted by atomic mass is 16.3. The number of hydrogen-bond acceptors (Lipinski definition) is 2. The van der Waals surface area contributed by atoms with Gasteiger partial charge in [-0.2, -0.15) is 0 Å². The van der Waals surface area contributed by atoms with Gasteiger partial charge in [0.2, 0.25) is 0 Å². The Kier molecular flexibility index (Phi) is 3.44. The molecule has 0 spiro atoms. The van der Waals surface area contributed by atoms with Crippen LogP contribution < -0.4 is 0 Å². The number of carbonyl (C=O) groups is 1. The number of hydrogen-bond donors (Lipinski definition) is 1. The predicted octanol–water partition coefficient (Wildman–Crippen LogP) is 2.81. The Morgan fingerprint density at radius 1 is 1.41 bits per heavy atom. The van der Waals surface area contributed by atoms with Crippen LogP contribution in [0.2, 0.25) is 0 Å². The Morgan fingerprint density at radius 3 is 2.71 bits per heavy atom. The summed E-state index contributed by atoms with van der Waals surface area (Å²) in [6.07, 6.45) is 6.24. The molecule has 1 N–H and O–H groups in total. The molecule has 0 aromatic carbocycles. The zero-order valence-corrected chi connectivity index (χ0v) is 11.1. The molecule has 0 aromatic heterocycles. The van der Waals surface area contributed by atoms with Crippen LogP contribution in [0.4, 0.5) is 0 Å². The summed E-state index contributed by atoms with van der Waals surface area (Å²) in [4.78, 5) is 11.0. The number of rotatable bonds is 4. The topological polar surface area (TPSA) is 37.3 Å². The van der Waals surface area contributed by atoms with Gasteiger partial charge in [0.15, 0.2) is 0 Å². The maximum Gasteiger partial charge on any atom is 0.145 e. The third-order valence-corrected chi connectivity index (χ3v) is 5.23. The molecule has 2 aliphatic carbocycles. The fourth-order valence-electron chi connectivity index (χ4n) is 4.19. The number of aliphatic hydroxyl groups excluding tert-OH is 1. The van der Waals surface area contributed by atoms with Crippen molar-refractivity contribution >= 4 is 6.29 Å². The van der Waals surface area contributed by atoms with Gasteiger partial charge in [0.1, 0.15) is 6.29 Å². The lowest BCUT2D eigenvalue weighted by molar-refractivity contribution is -0.105. The van der Waals surface area contributed by atoms with Gasteiger partial charge in [-0.15, -0.1) is 0 Å². The number of fused-ring (bicyclic) bond motifs is 1. The maximum absolute atomic E-state index is 11.0. The van der Waals surface area contributed by atoms with Gasteiger partial charge in [-0.3, -0.25) is 4.79 Å². The normalized spacial score (nSPS) is 39.6. The molecule has 0 heterocycles. The van der Waals surface area contributed by atoms with Gasteiger partial charge in [-0.1, -0.05) is 33.3 Å². The van der Waals surface area contributed by atoms with Crippen molar-refractivity contribution in [2.24, 2.45) is 29.1 Å². The van der Waals surface area contributed by atoms with Gasteiger partial charge >= 0.3 is 0 Å². The molecular formula is C15H24O2. The monoisotopic (exact) mass is 236 g/mol. The molecule has 17 heavy (non-hydrogen) atoms. The number of carbonyl (C=O) groups excluding carboxylic acids is 1. The van der Waals surface area contributed by atoms with E-state index in [9.17, 15) is 4.79 Å². The van der Waals surface area contributed by atoms with E-state index in [1.165, 1.54) is 12.8 Å². The average Bonchev–Trinajstić information content (AvgIpc) is 2.64. The standard InChI is InChI=1S/C15H24O2/c1-10-4-5-12-14(10)13(15(12,2)3)8-11(9-17)6-7-16/h8-10,12-14,16H,4-7H2,1-3H3/b11-8+/t10-,12+,13?,14-/m1/s1. The molecule has 4 atom stereocenters. The molecule has 2 nitrogen and oxygen atoms in total. The molecule has 0 bridgehead atoms. The fraction of sp³-hybridized carbons (Fsp3) is 0.800. The Bertz CT molecular complexity index is 330. The molecule has 2 saturated carbocycles. The van der Waals surface area contributed by atoms with E-state index >= 15 is 0 Å². The molecule has 2 rings (SSSR count). The van der Waals surface area contributed by atoms with E-state index in [4.69, 9.17) is 5.11 Å². The van der Waals surface area contributed by atoms with Crippen molar-refractivity contribution < 1.29 is 9.90 Å². The summed E-state index contributed by atoms with van der Waals surface area (Å²) in [5.74, 6) is 2.91. The summed E-state index contributed by atoms with van der Waals surface area (Å²) in [6, 6.07) is 0. The quantitative estimate of drug-likeness (QED) is 0.602. The highest BCUT2D eigenvalue weighted by molar-refractivity contribution is 5.73. The van der Waals surface area contributed by atoms with E-state index in [0.717, 1.165) is 29.6 Å². The minimum Gasteiger partial charge on any atom is -0.396 e. The van der Waals surface area contributed by atoms with Crippen molar-refractivity contribution in [2.45, 2.75) is 40.0 Å². The lowest BCUT2D eigenvalue weighted by atomic mass is 9.48. The molecular weight excluding hydrogens is 212 g/mol. The Hall–Kier alpha value is -0.630. The molecule has 2 heteroatoms. The summed E-state index contributed by atoms with van der Waals surface area (Å²) in [5.41, 5.74) is 1.11. The van der Waals surface area contributed by atoms with Gasteiger partial charge < -0.3 is 5.11 Å². The van der Waals surface area contributed by atoms with Gasteiger partial charge in [0.05, 0.1) is 0 Å². The van der Waals surface area contributed by atoms with Crippen LogP contribution in [0, 0.1) is 29.1 Å². The first-order valence-electron chi connectivity index (χ1n) is 6.79. The van der Waals surface area contributed by atoms with Crippen molar-refractivity contribution in [3.8, 4) is 0 Å². The third-order valence-electron chi connectivity index (χ3n) is 5.23. The van der Waals surface area contributed by atoms with E-state index in [1.54, 1.807) is 0 Å². The second kappa shape index (κ2) is 4.56. The van der Waals surface area contributed by atoms with Crippen LogP contribution in [0.1, 0.15) is 40.0 Å². The van der Waals surface area contributed by atoms with E-state index < -0.39 is 0 Å². The summed E-state index contributed by atoms with van der Waals surface area (Å²) in [5, 5.41) is 8.94. The summed E-state index contributed by atoms with van der Waals surface area (Å²) >= 11 is 0. The SMILES string of the molecule is C[C@@H]1CC[C@H]2[C@@H]1C(/C=C(/C=O)CCO)C2(C)C. The van der Waals surface area contributed by atoms with Crippen molar-refractivity contribution in [3.05, 3.63) is 11.6 Å².